The lowest BCUT2D eigenvalue weighted by Crippen LogP contribution is -2.40. The van der Waals surface area contributed by atoms with Gasteiger partial charge in [0, 0.05) is 12.2 Å². The SMILES string of the molecule is COc1ccc(C(=O)NC(C)C2CCCO2)cc1O. The molecule has 1 fully saturated rings. The molecule has 0 aliphatic carbocycles. The van der Waals surface area contributed by atoms with E-state index in [9.17, 15) is 9.90 Å². The molecule has 1 aromatic carbocycles. The summed E-state index contributed by atoms with van der Waals surface area (Å²) in [7, 11) is 1.47. The van der Waals surface area contributed by atoms with Crippen LogP contribution in [0.4, 0.5) is 0 Å². The quantitative estimate of drug-likeness (QED) is 0.869. The van der Waals surface area contributed by atoms with Crippen LogP contribution in [0.1, 0.15) is 30.1 Å². The zero-order valence-electron chi connectivity index (χ0n) is 11.2. The Morgan fingerprint density at radius 1 is 1.58 bits per heavy atom. The molecular formula is C14H19NO4. The van der Waals surface area contributed by atoms with Crippen LogP contribution in [0.3, 0.4) is 0 Å². The first-order valence-corrected chi connectivity index (χ1v) is 6.41. The number of carbonyl (C=O) groups is 1. The molecule has 0 saturated carbocycles. The minimum Gasteiger partial charge on any atom is -0.504 e. The van der Waals surface area contributed by atoms with E-state index < -0.39 is 0 Å². The van der Waals surface area contributed by atoms with E-state index >= 15 is 0 Å². The molecule has 1 aromatic rings. The van der Waals surface area contributed by atoms with Gasteiger partial charge < -0.3 is 19.9 Å². The van der Waals surface area contributed by atoms with E-state index in [-0.39, 0.29) is 23.8 Å². The summed E-state index contributed by atoms with van der Waals surface area (Å²) in [6, 6.07) is 4.55. The third-order valence-corrected chi connectivity index (χ3v) is 3.32. The van der Waals surface area contributed by atoms with Crippen molar-refractivity contribution < 1.29 is 19.4 Å². The molecule has 19 heavy (non-hydrogen) atoms. The summed E-state index contributed by atoms with van der Waals surface area (Å²) >= 11 is 0. The maximum absolute atomic E-state index is 12.0. The first kappa shape index (κ1) is 13.7. The number of methoxy groups -OCH3 is 1. The van der Waals surface area contributed by atoms with Crippen molar-refractivity contribution in [2.75, 3.05) is 13.7 Å². The van der Waals surface area contributed by atoms with Crippen LogP contribution in [0.15, 0.2) is 18.2 Å². The van der Waals surface area contributed by atoms with Crippen molar-refractivity contribution in [3.63, 3.8) is 0 Å². The van der Waals surface area contributed by atoms with Gasteiger partial charge in [0.25, 0.3) is 5.91 Å². The Morgan fingerprint density at radius 2 is 2.37 bits per heavy atom. The average molecular weight is 265 g/mol. The molecule has 1 aliphatic rings. The second kappa shape index (κ2) is 5.93. The number of phenols is 1. The minimum atomic E-state index is -0.221. The van der Waals surface area contributed by atoms with Crippen LogP contribution >= 0.6 is 0 Å². The van der Waals surface area contributed by atoms with Gasteiger partial charge in [-0.15, -0.1) is 0 Å². The number of hydrogen-bond acceptors (Lipinski definition) is 4. The first-order chi connectivity index (χ1) is 9.11. The Hall–Kier alpha value is -1.75. The molecule has 2 atom stereocenters. The van der Waals surface area contributed by atoms with E-state index in [0.29, 0.717) is 11.3 Å². The topological polar surface area (TPSA) is 67.8 Å². The molecule has 0 spiro atoms. The van der Waals surface area contributed by atoms with Gasteiger partial charge in [0.15, 0.2) is 11.5 Å². The van der Waals surface area contributed by atoms with Crippen molar-refractivity contribution >= 4 is 5.91 Å². The van der Waals surface area contributed by atoms with Crippen LogP contribution in [0.2, 0.25) is 0 Å². The molecule has 0 radical (unpaired) electrons. The standard InChI is InChI=1S/C14H19NO4/c1-9(12-4-3-7-19-12)15-14(17)10-5-6-13(18-2)11(16)8-10/h5-6,8-9,12,16H,3-4,7H2,1-2H3,(H,15,17). The highest BCUT2D eigenvalue weighted by Gasteiger charge is 2.24. The van der Waals surface area contributed by atoms with Crippen LogP contribution < -0.4 is 10.1 Å². The fourth-order valence-electron chi connectivity index (χ4n) is 2.21. The fraction of sp³-hybridized carbons (Fsp3) is 0.500. The Labute approximate surface area is 112 Å². The van der Waals surface area contributed by atoms with Gasteiger partial charge in [-0.25, -0.2) is 0 Å². The van der Waals surface area contributed by atoms with Crippen molar-refractivity contribution in [2.45, 2.75) is 31.9 Å². The number of carbonyl (C=O) groups excluding carboxylic acids is 1. The molecule has 1 aliphatic heterocycles. The number of nitrogens with one attached hydrogen (secondary N) is 1. The summed E-state index contributed by atoms with van der Waals surface area (Å²) in [6.07, 6.45) is 2.08. The summed E-state index contributed by atoms with van der Waals surface area (Å²) in [4.78, 5) is 12.0. The maximum Gasteiger partial charge on any atom is 0.251 e. The molecule has 1 saturated heterocycles. The monoisotopic (exact) mass is 265 g/mol. The number of benzene rings is 1. The third kappa shape index (κ3) is 3.17. The Bertz CT molecular complexity index is 455. The number of rotatable bonds is 4. The van der Waals surface area contributed by atoms with Gasteiger partial charge in [0.1, 0.15) is 0 Å². The van der Waals surface area contributed by atoms with Crippen molar-refractivity contribution in [3.05, 3.63) is 23.8 Å². The summed E-state index contributed by atoms with van der Waals surface area (Å²) in [5, 5.41) is 12.5. The molecule has 1 heterocycles. The molecule has 5 heteroatoms. The zero-order chi connectivity index (χ0) is 13.8. The van der Waals surface area contributed by atoms with E-state index in [1.807, 2.05) is 6.92 Å². The van der Waals surface area contributed by atoms with Gasteiger partial charge in [-0.05, 0) is 38.0 Å². The van der Waals surface area contributed by atoms with Crippen molar-refractivity contribution in [1.29, 1.82) is 0 Å². The summed E-state index contributed by atoms with van der Waals surface area (Å²) in [6.45, 7) is 2.69. The number of hydrogen-bond donors (Lipinski definition) is 2. The summed E-state index contributed by atoms with van der Waals surface area (Å²) in [5.41, 5.74) is 0.406. The highest BCUT2D eigenvalue weighted by atomic mass is 16.5. The lowest BCUT2D eigenvalue weighted by atomic mass is 10.1. The van der Waals surface area contributed by atoms with Crippen LogP contribution in [0.5, 0.6) is 11.5 Å². The molecule has 1 amide bonds. The molecule has 5 nitrogen and oxygen atoms in total. The van der Waals surface area contributed by atoms with Gasteiger partial charge >= 0.3 is 0 Å². The van der Waals surface area contributed by atoms with Gasteiger partial charge in [0.05, 0.1) is 19.3 Å². The third-order valence-electron chi connectivity index (χ3n) is 3.32. The first-order valence-electron chi connectivity index (χ1n) is 6.41. The Morgan fingerprint density at radius 3 is 2.95 bits per heavy atom. The van der Waals surface area contributed by atoms with Crippen LogP contribution in [-0.2, 0) is 4.74 Å². The highest BCUT2D eigenvalue weighted by molar-refractivity contribution is 5.95. The highest BCUT2D eigenvalue weighted by Crippen LogP contribution is 2.26. The Balaban J connectivity index is 2.01. The largest absolute Gasteiger partial charge is 0.504 e. The second-order valence-electron chi connectivity index (χ2n) is 4.70. The maximum atomic E-state index is 12.0. The molecule has 2 N–H and O–H groups in total. The fourth-order valence-corrected chi connectivity index (χ4v) is 2.21. The summed E-state index contributed by atoms with van der Waals surface area (Å²) < 4.78 is 10.5. The lowest BCUT2D eigenvalue weighted by molar-refractivity contribution is 0.0712. The van der Waals surface area contributed by atoms with Gasteiger partial charge in [-0.3, -0.25) is 4.79 Å². The predicted octanol–water partition coefficient (Wildman–Crippen LogP) is 1.70. The van der Waals surface area contributed by atoms with Crippen molar-refractivity contribution in [3.8, 4) is 11.5 Å². The molecule has 0 aromatic heterocycles. The molecule has 0 bridgehead atoms. The van der Waals surface area contributed by atoms with E-state index in [0.717, 1.165) is 19.4 Å². The smallest absolute Gasteiger partial charge is 0.251 e. The second-order valence-corrected chi connectivity index (χ2v) is 4.70. The molecular weight excluding hydrogens is 246 g/mol. The number of phenolic OH excluding ortho intramolecular Hbond substituents is 1. The van der Waals surface area contributed by atoms with Gasteiger partial charge in [-0.1, -0.05) is 0 Å². The molecule has 2 rings (SSSR count). The van der Waals surface area contributed by atoms with E-state index in [1.165, 1.54) is 13.2 Å². The Kier molecular flexibility index (Phi) is 4.27. The molecule has 104 valence electrons. The average Bonchev–Trinajstić information content (AvgIpc) is 2.92. The van der Waals surface area contributed by atoms with E-state index in [4.69, 9.17) is 9.47 Å². The van der Waals surface area contributed by atoms with Crippen molar-refractivity contribution in [2.24, 2.45) is 0 Å². The zero-order valence-corrected chi connectivity index (χ0v) is 11.2. The minimum absolute atomic E-state index is 0.0417. The van der Waals surface area contributed by atoms with E-state index in [1.54, 1.807) is 12.1 Å². The van der Waals surface area contributed by atoms with E-state index in [2.05, 4.69) is 5.32 Å². The van der Waals surface area contributed by atoms with Crippen molar-refractivity contribution in [1.82, 2.24) is 5.32 Å². The summed E-state index contributed by atoms with van der Waals surface area (Å²) in [5.74, 6) is 0.0876. The number of aromatic hydroxyl groups is 1. The number of ether oxygens (including phenoxy) is 2. The van der Waals surface area contributed by atoms with Gasteiger partial charge in [0.2, 0.25) is 0 Å². The van der Waals surface area contributed by atoms with Crippen LogP contribution in [-0.4, -0.2) is 36.9 Å². The lowest BCUT2D eigenvalue weighted by Gasteiger charge is -2.20. The van der Waals surface area contributed by atoms with Crippen LogP contribution in [0, 0.1) is 0 Å². The molecule has 2 unspecified atom stereocenters. The van der Waals surface area contributed by atoms with Crippen LogP contribution in [0.25, 0.3) is 0 Å². The predicted molar refractivity (Wildman–Crippen MR) is 70.6 cm³/mol. The number of amides is 1. The van der Waals surface area contributed by atoms with Gasteiger partial charge in [-0.2, -0.15) is 0 Å². The normalized spacial score (nSPS) is 20.0.